The van der Waals surface area contributed by atoms with Crippen molar-refractivity contribution in [1.29, 1.82) is 0 Å². The van der Waals surface area contributed by atoms with E-state index in [-0.39, 0.29) is 5.92 Å². The Morgan fingerprint density at radius 1 is 1.33 bits per heavy atom. The van der Waals surface area contributed by atoms with Gasteiger partial charge in [-0.2, -0.15) is 0 Å². The smallest absolute Gasteiger partial charge is 0.408 e. The summed E-state index contributed by atoms with van der Waals surface area (Å²) >= 11 is 2.75. The molecule has 2 aromatic rings. The van der Waals surface area contributed by atoms with Crippen molar-refractivity contribution in [2.45, 2.75) is 56.9 Å². The Hall–Kier alpha value is -1.49. The monoisotopic (exact) mass is 431 g/mol. The third-order valence-corrected chi connectivity index (χ3v) is 7.33. The number of fused-ring (bicyclic) bond motifs is 1. The first-order valence-electron chi connectivity index (χ1n) is 8.43. The predicted octanol–water partition coefficient (Wildman–Crippen LogP) is 4.13. The van der Waals surface area contributed by atoms with Crippen LogP contribution in [0.1, 0.15) is 41.0 Å². The van der Waals surface area contributed by atoms with Crippen LogP contribution in [0.3, 0.4) is 0 Å². The van der Waals surface area contributed by atoms with E-state index in [1.807, 2.05) is 25.3 Å². The minimum absolute atomic E-state index is 0.102. The summed E-state index contributed by atoms with van der Waals surface area (Å²) in [6.07, 6.45) is -0.395. The Balaban J connectivity index is 2.25. The highest BCUT2D eigenvalue weighted by Gasteiger charge is 2.26. The van der Waals surface area contributed by atoms with Crippen molar-refractivity contribution >= 4 is 54.0 Å². The zero-order chi connectivity index (χ0) is 20.4. The third kappa shape index (κ3) is 6.27. The van der Waals surface area contributed by atoms with Gasteiger partial charge in [-0.25, -0.2) is 14.1 Å². The second kappa shape index (κ2) is 8.26. The summed E-state index contributed by atoms with van der Waals surface area (Å²) in [5.74, 6) is -0.621. The molecule has 0 saturated carbocycles. The van der Waals surface area contributed by atoms with Gasteiger partial charge in [-0.15, -0.1) is 27.0 Å². The number of thiophene rings is 2. The highest BCUT2D eigenvalue weighted by molar-refractivity contribution is 7.94. The fourth-order valence-corrected chi connectivity index (χ4v) is 5.82. The molecule has 0 aliphatic carbocycles. The second-order valence-electron chi connectivity index (χ2n) is 7.54. The second-order valence-corrected chi connectivity index (χ2v) is 11.6. The molecule has 10 heteroatoms. The van der Waals surface area contributed by atoms with Gasteiger partial charge in [0.1, 0.15) is 15.9 Å². The fourth-order valence-electron chi connectivity index (χ4n) is 2.27. The van der Waals surface area contributed by atoms with E-state index in [1.165, 1.54) is 22.7 Å². The van der Waals surface area contributed by atoms with E-state index in [9.17, 15) is 13.8 Å². The van der Waals surface area contributed by atoms with Gasteiger partial charge in [0, 0.05) is 9.40 Å². The Labute approximate surface area is 167 Å². The average molecular weight is 432 g/mol. The van der Waals surface area contributed by atoms with Gasteiger partial charge >= 0.3 is 6.09 Å². The number of nitrogens with zero attached hydrogens (tertiary/aromatic N) is 1. The fraction of sp³-hybridized carbons (Fsp3) is 0.529. The van der Waals surface area contributed by atoms with Crippen LogP contribution in [-0.2, 0) is 19.4 Å². The van der Waals surface area contributed by atoms with Crippen LogP contribution in [0.2, 0.25) is 0 Å². The van der Waals surface area contributed by atoms with Gasteiger partial charge in [0.05, 0.1) is 0 Å². The van der Waals surface area contributed by atoms with E-state index in [0.29, 0.717) is 10.6 Å². The maximum Gasteiger partial charge on any atom is 0.408 e. The molecule has 0 bridgehead atoms. The summed E-state index contributed by atoms with van der Waals surface area (Å²) < 4.78 is 24.0. The third-order valence-electron chi connectivity index (χ3n) is 3.33. The molecule has 0 radical (unpaired) electrons. The molecule has 0 saturated heterocycles. The Morgan fingerprint density at radius 2 is 2.00 bits per heavy atom. The Kier molecular flexibility index (Phi) is 6.67. The lowest BCUT2D eigenvalue weighted by atomic mass is 10.0. The van der Waals surface area contributed by atoms with Crippen LogP contribution >= 0.6 is 22.7 Å². The summed E-state index contributed by atoms with van der Waals surface area (Å²) in [6.45, 7) is 9.00. The first kappa shape index (κ1) is 21.8. The van der Waals surface area contributed by atoms with Gasteiger partial charge in [-0.3, -0.25) is 4.79 Å². The number of alkyl carbamates (subject to hydrolysis) is 1. The molecule has 2 amide bonds. The van der Waals surface area contributed by atoms with E-state index < -0.39 is 33.6 Å². The van der Waals surface area contributed by atoms with Gasteiger partial charge in [0.25, 0.3) is 5.91 Å². The highest BCUT2D eigenvalue weighted by atomic mass is 32.2. The van der Waals surface area contributed by atoms with Gasteiger partial charge in [0.15, 0.2) is 9.92 Å². The SMILES string of the molecule is CC(C)C[C@H](NC(=O)OC(C)(C)C)C(=O)N=S(N)(=O)c1cc2sccc2s1. The lowest BCUT2D eigenvalue weighted by molar-refractivity contribution is -0.120. The number of nitrogens with one attached hydrogen (secondary N) is 1. The topological polar surface area (TPSA) is 111 Å². The zero-order valence-electron chi connectivity index (χ0n) is 16.0. The van der Waals surface area contributed by atoms with Crippen LogP contribution in [0.15, 0.2) is 26.1 Å². The Bertz CT molecular complexity index is 918. The van der Waals surface area contributed by atoms with Crippen LogP contribution in [0, 0.1) is 5.92 Å². The lowest BCUT2D eigenvalue weighted by Crippen LogP contribution is -2.44. The number of hydrogen-bond acceptors (Lipinski definition) is 6. The van der Waals surface area contributed by atoms with Gasteiger partial charge in [-0.1, -0.05) is 13.8 Å². The van der Waals surface area contributed by atoms with Gasteiger partial charge < -0.3 is 10.1 Å². The van der Waals surface area contributed by atoms with Crippen molar-refractivity contribution in [2.75, 3.05) is 0 Å². The molecule has 27 heavy (non-hydrogen) atoms. The number of nitrogens with two attached hydrogens (primary N) is 1. The van der Waals surface area contributed by atoms with E-state index in [2.05, 4.69) is 9.68 Å². The molecule has 0 fully saturated rings. The van der Waals surface area contributed by atoms with Gasteiger partial charge in [0.2, 0.25) is 0 Å². The number of ether oxygens (including phenoxy) is 1. The standard InChI is InChI=1S/C17H25N3O4S3/c1-10(2)8-11(19-16(22)24-17(3,4)5)15(21)20-27(18,23)14-9-13-12(26-14)6-7-25-13/h6-7,9-11H,8H2,1-5H3,(H,19,22)(H2,18,20,21,23)/t11-,27?/m0/s1. The molecular formula is C17H25N3O4S3. The lowest BCUT2D eigenvalue weighted by Gasteiger charge is -2.23. The molecule has 2 heterocycles. The molecular weight excluding hydrogens is 406 g/mol. The molecule has 2 rings (SSSR count). The normalized spacial score (nSPS) is 15.4. The molecule has 3 N–H and O–H groups in total. The predicted molar refractivity (Wildman–Crippen MR) is 110 cm³/mol. The summed E-state index contributed by atoms with van der Waals surface area (Å²) in [5.41, 5.74) is -0.698. The minimum Gasteiger partial charge on any atom is -0.444 e. The van der Waals surface area contributed by atoms with E-state index in [4.69, 9.17) is 9.88 Å². The summed E-state index contributed by atoms with van der Waals surface area (Å²) in [4.78, 5) is 24.7. The van der Waals surface area contributed by atoms with Crippen molar-refractivity contribution in [3.63, 3.8) is 0 Å². The molecule has 0 aromatic carbocycles. The molecule has 0 spiro atoms. The van der Waals surface area contributed by atoms with Crippen LogP contribution in [0.5, 0.6) is 0 Å². The molecule has 7 nitrogen and oxygen atoms in total. The van der Waals surface area contributed by atoms with Gasteiger partial charge in [-0.05, 0) is 50.6 Å². The van der Waals surface area contributed by atoms with Crippen molar-refractivity contribution in [3.8, 4) is 0 Å². The molecule has 1 unspecified atom stereocenters. The average Bonchev–Trinajstić information content (AvgIpc) is 3.04. The minimum atomic E-state index is -3.38. The largest absolute Gasteiger partial charge is 0.444 e. The molecule has 150 valence electrons. The number of hydrogen-bond donors (Lipinski definition) is 2. The molecule has 2 atom stereocenters. The molecule has 0 aliphatic heterocycles. The zero-order valence-corrected chi connectivity index (χ0v) is 18.4. The maximum absolute atomic E-state index is 12.8. The maximum atomic E-state index is 12.8. The summed E-state index contributed by atoms with van der Waals surface area (Å²) in [5, 5.41) is 10.3. The summed E-state index contributed by atoms with van der Waals surface area (Å²) in [7, 11) is -3.38. The Morgan fingerprint density at radius 3 is 2.56 bits per heavy atom. The van der Waals surface area contributed by atoms with E-state index >= 15 is 0 Å². The van der Waals surface area contributed by atoms with Crippen LogP contribution in [-0.4, -0.2) is 27.9 Å². The van der Waals surface area contributed by atoms with Crippen LogP contribution < -0.4 is 10.5 Å². The molecule has 2 aromatic heterocycles. The number of carbonyl (C=O) groups is 2. The van der Waals surface area contributed by atoms with Crippen molar-refractivity contribution in [3.05, 3.63) is 17.5 Å². The van der Waals surface area contributed by atoms with Crippen molar-refractivity contribution in [2.24, 2.45) is 15.4 Å². The number of carbonyl (C=O) groups excluding carboxylic acids is 2. The number of rotatable bonds is 5. The molecule has 0 aliphatic rings. The quantitative estimate of drug-likeness (QED) is 0.741. The van der Waals surface area contributed by atoms with Crippen LogP contribution in [0.4, 0.5) is 4.79 Å². The van der Waals surface area contributed by atoms with Crippen molar-refractivity contribution < 1.29 is 18.5 Å². The van der Waals surface area contributed by atoms with Crippen LogP contribution in [0.25, 0.3) is 9.40 Å². The summed E-state index contributed by atoms with van der Waals surface area (Å²) in [6, 6.07) is 2.64. The first-order chi connectivity index (χ1) is 12.4. The van der Waals surface area contributed by atoms with E-state index in [1.54, 1.807) is 26.8 Å². The number of amides is 2. The van der Waals surface area contributed by atoms with Crippen molar-refractivity contribution in [1.82, 2.24) is 5.32 Å². The van der Waals surface area contributed by atoms with E-state index in [0.717, 1.165) is 9.40 Å². The first-order valence-corrected chi connectivity index (χ1v) is 11.7. The highest BCUT2D eigenvalue weighted by Crippen LogP contribution is 2.32.